The van der Waals surface area contributed by atoms with Crippen molar-refractivity contribution in [2.75, 3.05) is 31.1 Å². The molecule has 2 fully saturated rings. The molecule has 20 heavy (non-hydrogen) atoms. The van der Waals surface area contributed by atoms with Gasteiger partial charge in [0.1, 0.15) is 5.82 Å². The van der Waals surface area contributed by atoms with Crippen LogP contribution in [0.1, 0.15) is 37.8 Å². The normalized spacial score (nSPS) is 22.1. The average molecular weight is 276 g/mol. The fourth-order valence-corrected chi connectivity index (χ4v) is 3.37. The molecule has 110 valence electrons. The van der Waals surface area contributed by atoms with Crippen LogP contribution in [0.15, 0.2) is 12.4 Å². The summed E-state index contributed by atoms with van der Waals surface area (Å²) >= 11 is 0. The van der Waals surface area contributed by atoms with Gasteiger partial charge in [-0.25, -0.2) is 4.98 Å². The molecule has 5 heteroatoms. The summed E-state index contributed by atoms with van der Waals surface area (Å²) in [5.74, 6) is 0.911. The van der Waals surface area contributed by atoms with E-state index in [1.807, 2.05) is 0 Å². The van der Waals surface area contributed by atoms with E-state index in [1.54, 1.807) is 12.4 Å². The summed E-state index contributed by atoms with van der Waals surface area (Å²) in [5.41, 5.74) is 0.653. The number of likely N-dealkylation sites (tertiary alicyclic amines) is 1. The monoisotopic (exact) mass is 276 g/mol. The zero-order valence-corrected chi connectivity index (χ0v) is 12.0. The Bertz CT molecular complexity index is 426. The van der Waals surface area contributed by atoms with Crippen LogP contribution in [0.25, 0.3) is 0 Å². The van der Waals surface area contributed by atoms with Gasteiger partial charge in [0.05, 0.1) is 24.7 Å². The highest BCUT2D eigenvalue weighted by Gasteiger charge is 2.26. The minimum Gasteiger partial charge on any atom is -0.390 e. The van der Waals surface area contributed by atoms with Gasteiger partial charge in [-0.15, -0.1) is 0 Å². The fourth-order valence-electron chi connectivity index (χ4n) is 3.37. The number of piperidine rings is 2. The third-order valence-electron chi connectivity index (χ3n) is 4.53. The number of hydrogen-bond donors (Lipinski definition) is 1. The molecule has 3 rings (SSSR count). The number of aliphatic hydroxyl groups excluding tert-OH is 1. The van der Waals surface area contributed by atoms with Crippen LogP contribution in [-0.4, -0.2) is 52.2 Å². The Balaban J connectivity index is 1.57. The first-order valence-electron chi connectivity index (χ1n) is 7.77. The highest BCUT2D eigenvalue weighted by molar-refractivity contribution is 5.36. The predicted octanol–water partition coefficient (Wildman–Crippen LogP) is 1.42. The number of rotatable bonds is 3. The maximum Gasteiger partial charge on any atom is 0.147 e. The molecule has 0 bridgehead atoms. The van der Waals surface area contributed by atoms with Crippen LogP contribution in [0, 0.1) is 0 Å². The van der Waals surface area contributed by atoms with E-state index in [9.17, 15) is 0 Å². The number of nitrogens with zero attached hydrogens (tertiary/aromatic N) is 4. The molecule has 2 aliphatic heterocycles. The first-order chi connectivity index (χ1) is 9.86. The SMILES string of the molecule is OCc1cncc(N2CCC(N3CCCCC3)CC2)n1. The molecule has 0 aromatic carbocycles. The standard InChI is InChI=1S/C15H24N4O/c20-12-13-10-16-11-15(17-13)19-8-4-14(5-9-19)18-6-2-1-3-7-18/h10-11,14,20H,1-9,12H2. The van der Waals surface area contributed by atoms with Crippen molar-refractivity contribution < 1.29 is 5.11 Å². The molecule has 0 amide bonds. The minimum absolute atomic E-state index is 0.0366. The topological polar surface area (TPSA) is 52.5 Å². The van der Waals surface area contributed by atoms with Crippen LogP contribution in [0.2, 0.25) is 0 Å². The molecular formula is C15H24N4O. The van der Waals surface area contributed by atoms with E-state index >= 15 is 0 Å². The Morgan fingerprint density at radius 1 is 1.05 bits per heavy atom. The molecule has 1 aromatic rings. The fraction of sp³-hybridized carbons (Fsp3) is 0.733. The number of aromatic nitrogens is 2. The summed E-state index contributed by atoms with van der Waals surface area (Å²) in [5, 5.41) is 9.14. The van der Waals surface area contributed by atoms with E-state index in [1.165, 1.54) is 45.2 Å². The predicted molar refractivity (Wildman–Crippen MR) is 78.6 cm³/mol. The van der Waals surface area contributed by atoms with Crippen molar-refractivity contribution in [3.63, 3.8) is 0 Å². The van der Waals surface area contributed by atoms with Crippen molar-refractivity contribution in [3.05, 3.63) is 18.1 Å². The third kappa shape index (κ3) is 3.10. The van der Waals surface area contributed by atoms with Crippen molar-refractivity contribution >= 4 is 5.82 Å². The largest absolute Gasteiger partial charge is 0.390 e. The van der Waals surface area contributed by atoms with Gasteiger partial charge in [0, 0.05) is 19.1 Å². The maximum atomic E-state index is 9.14. The Labute approximate surface area is 120 Å². The molecule has 0 atom stereocenters. The molecule has 5 nitrogen and oxygen atoms in total. The van der Waals surface area contributed by atoms with Gasteiger partial charge < -0.3 is 14.9 Å². The zero-order chi connectivity index (χ0) is 13.8. The second-order valence-electron chi connectivity index (χ2n) is 5.84. The molecule has 0 saturated carbocycles. The van der Waals surface area contributed by atoms with Crippen LogP contribution < -0.4 is 4.90 Å². The van der Waals surface area contributed by atoms with E-state index in [4.69, 9.17) is 5.11 Å². The number of aliphatic hydroxyl groups is 1. The molecule has 1 aromatic heterocycles. The first kappa shape index (κ1) is 13.8. The van der Waals surface area contributed by atoms with E-state index in [2.05, 4.69) is 19.8 Å². The maximum absolute atomic E-state index is 9.14. The smallest absolute Gasteiger partial charge is 0.147 e. The molecule has 2 aliphatic rings. The molecule has 3 heterocycles. The van der Waals surface area contributed by atoms with Gasteiger partial charge >= 0.3 is 0 Å². The third-order valence-corrected chi connectivity index (χ3v) is 4.53. The van der Waals surface area contributed by atoms with Crippen molar-refractivity contribution in [3.8, 4) is 0 Å². The Kier molecular flexibility index (Phi) is 4.47. The zero-order valence-electron chi connectivity index (χ0n) is 12.0. The second-order valence-corrected chi connectivity index (χ2v) is 5.84. The summed E-state index contributed by atoms with van der Waals surface area (Å²) < 4.78 is 0. The summed E-state index contributed by atoms with van der Waals surface area (Å²) in [4.78, 5) is 13.6. The van der Waals surface area contributed by atoms with Gasteiger partial charge in [0.25, 0.3) is 0 Å². The Hall–Kier alpha value is -1.20. The Morgan fingerprint density at radius 2 is 1.80 bits per heavy atom. The Morgan fingerprint density at radius 3 is 2.50 bits per heavy atom. The first-order valence-corrected chi connectivity index (χ1v) is 7.77. The lowest BCUT2D eigenvalue weighted by molar-refractivity contribution is 0.141. The van der Waals surface area contributed by atoms with E-state index in [-0.39, 0.29) is 6.61 Å². The van der Waals surface area contributed by atoms with E-state index < -0.39 is 0 Å². The minimum atomic E-state index is -0.0366. The summed E-state index contributed by atoms with van der Waals surface area (Å²) in [7, 11) is 0. The molecule has 1 N–H and O–H groups in total. The van der Waals surface area contributed by atoms with Crippen LogP contribution >= 0.6 is 0 Å². The van der Waals surface area contributed by atoms with Gasteiger partial charge in [-0.2, -0.15) is 0 Å². The van der Waals surface area contributed by atoms with Gasteiger partial charge in [-0.1, -0.05) is 6.42 Å². The van der Waals surface area contributed by atoms with Crippen molar-refractivity contribution in [1.82, 2.24) is 14.9 Å². The van der Waals surface area contributed by atoms with E-state index in [0.29, 0.717) is 5.69 Å². The summed E-state index contributed by atoms with van der Waals surface area (Å²) in [6.45, 7) is 4.62. The lowest BCUT2D eigenvalue weighted by Gasteiger charge is -2.40. The van der Waals surface area contributed by atoms with Crippen LogP contribution in [-0.2, 0) is 6.61 Å². The highest BCUT2D eigenvalue weighted by Crippen LogP contribution is 2.23. The lowest BCUT2D eigenvalue weighted by atomic mass is 10.00. The van der Waals surface area contributed by atoms with Gasteiger partial charge in [0.2, 0.25) is 0 Å². The molecular weight excluding hydrogens is 252 g/mol. The van der Waals surface area contributed by atoms with Gasteiger partial charge in [-0.05, 0) is 38.8 Å². The second kappa shape index (κ2) is 6.50. The number of anilines is 1. The van der Waals surface area contributed by atoms with Crippen LogP contribution in [0.4, 0.5) is 5.82 Å². The molecule has 0 radical (unpaired) electrons. The summed E-state index contributed by atoms with van der Waals surface area (Å²) in [6.07, 6.45) is 9.99. The van der Waals surface area contributed by atoms with Crippen molar-refractivity contribution in [2.24, 2.45) is 0 Å². The van der Waals surface area contributed by atoms with Gasteiger partial charge in [0.15, 0.2) is 0 Å². The van der Waals surface area contributed by atoms with Crippen molar-refractivity contribution in [1.29, 1.82) is 0 Å². The molecule has 0 aliphatic carbocycles. The quantitative estimate of drug-likeness (QED) is 0.905. The molecule has 0 spiro atoms. The van der Waals surface area contributed by atoms with E-state index in [0.717, 1.165) is 24.9 Å². The molecule has 0 unspecified atom stereocenters. The number of hydrogen-bond acceptors (Lipinski definition) is 5. The van der Waals surface area contributed by atoms with Crippen LogP contribution in [0.3, 0.4) is 0 Å². The van der Waals surface area contributed by atoms with Crippen molar-refractivity contribution in [2.45, 2.75) is 44.8 Å². The molecule has 2 saturated heterocycles. The lowest BCUT2D eigenvalue weighted by Crippen LogP contribution is -2.47. The van der Waals surface area contributed by atoms with Crippen LogP contribution in [0.5, 0.6) is 0 Å². The summed E-state index contributed by atoms with van der Waals surface area (Å²) in [6, 6.07) is 0.750. The average Bonchev–Trinajstić information content (AvgIpc) is 2.56. The highest BCUT2D eigenvalue weighted by atomic mass is 16.3. The van der Waals surface area contributed by atoms with Gasteiger partial charge in [-0.3, -0.25) is 4.98 Å².